The van der Waals surface area contributed by atoms with Gasteiger partial charge in [0.25, 0.3) is 0 Å². The van der Waals surface area contributed by atoms with Gasteiger partial charge in [0.2, 0.25) is 0 Å². The maximum atomic E-state index is 8.83. The molecule has 1 saturated heterocycles. The summed E-state index contributed by atoms with van der Waals surface area (Å²) in [6.07, 6.45) is 5.59. The minimum Gasteiger partial charge on any atom is -0.409 e. The Bertz CT molecular complexity index is 478. The van der Waals surface area contributed by atoms with Crippen molar-refractivity contribution in [2.45, 2.75) is 25.8 Å². The first-order valence-electron chi connectivity index (χ1n) is 6.91. The highest BCUT2D eigenvalue weighted by Gasteiger charge is 2.25. The molecule has 0 saturated carbocycles. The zero-order valence-electron chi connectivity index (χ0n) is 12.0. The summed E-state index contributed by atoms with van der Waals surface area (Å²) in [6.45, 7) is 5.26. The lowest BCUT2D eigenvalue weighted by Gasteiger charge is -2.28. The number of likely N-dealkylation sites (tertiary alicyclic amines) is 1. The summed E-state index contributed by atoms with van der Waals surface area (Å²) in [5.41, 5.74) is 6.07. The number of aromatic nitrogens is 2. The van der Waals surface area contributed by atoms with Crippen LogP contribution >= 0.6 is 0 Å². The maximum absolute atomic E-state index is 8.83. The fraction of sp³-hybridized carbons (Fsp3) is 0.615. The van der Waals surface area contributed by atoms with E-state index in [0.717, 1.165) is 19.6 Å². The number of hydrogen-bond donors (Lipinski definition) is 2. The highest BCUT2D eigenvalue weighted by atomic mass is 16.4. The van der Waals surface area contributed by atoms with Gasteiger partial charge >= 0.3 is 0 Å². The average molecular weight is 278 g/mol. The summed E-state index contributed by atoms with van der Waals surface area (Å²) >= 11 is 0. The molecule has 7 heteroatoms. The van der Waals surface area contributed by atoms with Gasteiger partial charge in [-0.1, -0.05) is 12.1 Å². The molecule has 2 rings (SSSR count). The third-order valence-electron chi connectivity index (χ3n) is 3.78. The minimum absolute atomic E-state index is 0.0151. The Morgan fingerprint density at radius 2 is 2.30 bits per heavy atom. The van der Waals surface area contributed by atoms with Crippen molar-refractivity contribution in [3.05, 3.63) is 18.1 Å². The molecule has 1 aromatic heterocycles. The molecule has 1 fully saturated rings. The van der Waals surface area contributed by atoms with E-state index < -0.39 is 0 Å². The lowest BCUT2D eigenvalue weighted by atomic mass is 10.2. The Morgan fingerprint density at radius 1 is 1.55 bits per heavy atom. The monoisotopic (exact) mass is 278 g/mol. The van der Waals surface area contributed by atoms with Gasteiger partial charge in [-0.15, -0.1) is 0 Å². The molecule has 3 N–H and O–H groups in total. The molecule has 0 aromatic carbocycles. The molecule has 1 aliphatic rings. The van der Waals surface area contributed by atoms with E-state index in [0.29, 0.717) is 17.6 Å². The van der Waals surface area contributed by atoms with Gasteiger partial charge in [-0.25, -0.2) is 9.97 Å². The summed E-state index contributed by atoms with van der Waals surface area (Å²) in [7, 11) is 1.96. The molecule has 1 aromatic rings. The van der Waals surface area contributed by atoms with Gasteiger partial charge in [-0.2, -0.15) is 0 Å². The third kappa shape index (κ3) is 2.98. The summed E-state index contributed by atoms with van der Waals surface area (Å²) in [5, 5.41) is 11.8. The van der Waals surface area contributed by atoms with Crippen molar-refractivity contribution in [3.8, 4) is 0 Å². The zero-order valence-corrected chi connectivity index (χ0v) is 12.0. The highest BCUT2D eigenvalue weighted by molar-refractivity contribution is 5.99. The van der Waals surface area contributed by atoms with E-state index in [2.05, 4.69) is 26.9 Å². The normalized spacial score (nSPS) is 20.3. The predicted octanol–water partition coefficient (Wildman–Crippen LogP) is 0.492. The fourth-order valence-electron chi connectivity index (χ4n) is 2.76. The first-order valence-corrected chi connectivity index (χ1v) is 6.91. The Hall–Kier alpha value is -1.89. The predicted molar refractivity (Wildman–Crippen MR) is 78.1 cm³/mol. The molecule has 0 bridgehead atoms. The summed E-state index contributed by atoms with van der Waals surface area (Å²) < 4.78 is 0. The third-order valence-corrected chi connectivity index (χ3v) is 3.78. The fourth-order valence-corrected chi connectivity index (χ4v) is 2.76. The van der Waals surface area contributed by atoms with Crippen LogP contribution in [-0.2, 0) is 0 Å². The van der Waals surface area contributed by atoms with Crippen LogP contribution in [0.25, 0.3) is 0 Å². The first-order chi connectivity index (χ1) is 9.67. The highest BCUT2D eigenvalue weighted by Crippen LogP contribution is 2.20. The van der Waals surface area contributed by atoms with E-state index in [4.69, 9.17) is 10.9 Å². The van der Waals surface area contributed by atoms with E-state index in [1.807, 2.05) is 11.9 Å². The second kappa shape index (κ2) is 6.51. The molecule has 0 amide bonds. The lowest BCUT2D eigenvalue weighted by molar-refractivity contribution is 0.270. The summed E-state index contributed by atoms with van der Waals surface area (Å²) in [4.78, 5) is 13.0. The molecule has 1 aliphatic heterocycles. The topological polar surface area (TPSA) is 90.9 Å². The van der Waals surface area contributed by atoms with Gasteiger partial charge in [-0.05, 0) is 25.9 Å². The molecule has 0 spiro atoms. The van der Waals surface area contributed by atoms with Crippen molar-refractivity contribution < 1.29 is 5.21 Å². The number of amidine groups is 1. The summed E-state index contributed by atoms with van der Waals surface area (Å²) in [6, 6.07) is 0.521. The van der Waals surface area contributed by atoms with Crippen molar-refractivity contribution >= 4 is 11.7 Å². The molecule has 110 valence electrons. The van der Waals surface area contributed by atoms with E-state index in [1.54, 1.807) is 12.4 Å². The quantitative estimate of drug-likeness (QED) is 0.352. The number of likely N-dealkylation sites (N-methyl/N-ethyl adjacent to an activating group) is 2. The average Bonchev–Trinajstić information content (AvgIpc) is 2.93. The van der Waals surface area contributed by atoms with Crippen molar-refractivity contribution in [3.63, 3.8) is 0 Å². The Morgan fingerprint density at radius 3 is 3.00 bits per heavy atom. The number of nitrogens with zero attached hydrogens (tertiary/aromatic N) is 5. The Labute approximate surface area is 119 Å². The van der Waals surface area contributed by atoms with Crippen molar-refractivity contribution in [2.24, 2.45) is 10.9 Å². The van der Waals surface area contributed by atoms with E-state index in [1.165, 1.54) is 12.8 Å². The smallest absolute Gasteiger partial charge is 0.192 e. The maximum Gasteiger partial charge on any atom is 0.192 e. The molecule has 2 heterocycles. The van der Waals surface area contributed by atoms with Crippen LogP contribution in [0.1, 0.15) is 25.5 Å². The van der Waals surface area contributed by atoms with Crippen LogP contribution in [0.15, 0.2) is 17.5 Å². The van der Waals surface area contributed by atoms with Crippen molar-refractivity contribution in [1.29, 1.82) is 0 Å². The van der Waals surface area contributed by atoms with Gasteiger partial charge in [0, 0.05) is 32.0 Å². The van der Waals surface area contributed by atoms with Gasteiger partial charge in [0.15, 0.2) is 17.3 Å². The number of oxime groups is 1. The minimum atomic E-state index is -0.0151. The van der Waals surface area contributed by atoms with Crippen LogP contribution in [0.5, 0.6) is 0 Å². The molecule has 0 aliphatic carbocycles. The summed E-state index contributed by atoms with van der Waals surface area (Å²) in [5.74, 6) is 0.629. The largest absolute Gasteiger partial charge is 0.409 e. The van der Waals surface area contributed by atoms with Crippen molar-refractivity contribution in [2.75, 3.05) is 31.6 Å². The van der Waals surface area contributed by atoms with Crippen molar-refractivity contribution in [1.82, 2.24) is 14.9 Å². The molecule has 0 radical (unpaired) electrons. The number of anilines is 1. The van der Waals surface area contributed by atoms with Crippen LogP contribution in [0.3, 0.4) is 0 Å². The Balaban J connectivity index is 2.15. The number of hydrogen-bond acceptors (Lipinski definition) is 6. The van der Waals surface area contributed by atoms with E-state index in [-0.39, 0.29) is 5.84 Å². The van der Waals surface area contributed by atoms with Crippen LogP contribution < -0.4 is 10.6 Å². The molecule has 1 unspecified atom stereocenters. The molecule has 20 heavy (non-hydrogen) atoms. The van der Waals surface area contributed by atoms with Gasteiger partial charge in [0.1, 0.15) is 0 Å². The van der Waals surface area contributed by atoms with Crippen LogP contribution in [-0.4, -0.2) is 58.6 Å². The standard InChI is InChI=1S/C13H22N6O/c1-3-19-8-4-5-10(19)9-18(2)13-11(12(14)17-20)15-6-7-16-13/h6-7,10,20H,3-5,8-9H2,1-2H3,(H2,14,17). The van der Waals surface area contributed by atoms with E-state index in [9.17, 15) is 0 Å². The molecule has 1 atom stereocenters. The van der Waals surface area contributed by atoms with Crippen LogP contribution in [0, 0.1) is 0 Å². The zero-order chi connectivity index (χ0) is 14.5. The number of nitrogens with two attached hydrogens (primary N) is 1. The van der Waals surface area contributed by atoms with Gasteiger partial charge in [0.05, 0.1) is 0 Å². The molecular weight excluding hydrogens is 256 g/mol. The first kappa shape index (κ1) is 14.5. The van der Waals surface area contributed by atoms with Crippen LogP contribution in [0.2, 0.25) is 0 Å². The second-order valence-corrected chi connectivity index (χ2v) is 5.02. The second-order valence-electron chi connectivity index (χ2n) is 5.02. The lowest BCUT2D eigenvalue weighted by Crippen LogP contribution is -2.39. The SMILES string of the molecule is CCN1CCCC1CN(C)c1nccnc1C(N)=NO. The molecular formula is C13H22N6O. The Kier molecular flexibility index (Phi) is 4.73. The molecule has 7 nitrogen and oxygen atoms in total. The van der Waals surface area contributed by atoms with Gasteiger partial charge in [-0.3, -0.25) is 4.90 Å². The number of rotatable bonds is 5. The van der Waals surface area contributed by atoms with E-state index >= 15 is 0 Å². The van der Waals surface area contributed by atoms with Gasteiger partial charge < -0.3 is 15.8 Å². The van der Waals surface area contributed by atoms with Crippen LogP contribution in [0.4, 0.5) is 5.82 Å².